The second-order valence-corrected chi connectivity index (χ2v) is 7.01. The number of amides is 1. The maximum absolute atomic E-state index is 11.6. The summed E-state index contributed by atoms with van der Waals surface area (Å²) in [6.45, 7) is 6.57. The molecule has 1 heterocycles. The number of carbonyl (C=O) groups excluding carboxylic acids is 1. The lowest BCUT2D eigenvalue weighted by Crippen LogP contribution is -2.44. The number of hydrogen-bond acceptors (Lipinski definition) is 5. The van der Waals surface area contributed by atoms with E-state index in [9.17, 15) is 13.2 Å². The minimum absolute atomic E-state index is 0.240. The molecule has 0 aromatic carbocycles. The smallest absolute Gasteiger partial charge is 0.422 e. The highest BCUT2D eigenvalue weighted by Gasteiger charge is 2.22. The Morgan fingerprint density at radius 1 is 1.32 bits per heavy atom. The van der Waals surface area contributed by atoms with Crippen molar-refractivity contribution in [3.8, 4) is 0 Å². The molecule has 1 aliphatic rings. The summed E-state index contributed by atoms with van der Waals surface area (Å²) in [6.07, 6.45) is 0.649. The van der Waals surface area contributed by atoms with Gasteiger partial charge >= 0.3 is 16.3 Å². The van der Waals surface area contributed by atoms with E-state index in [0.29, 0.717) is 19.8 Å². The van der Waals surface area contributed by atoms with E-state index in [1.807, 2.05) is 4.72 Å². The van der Waals surface area contributed by atoms with Crippen molar-refractivity contribution >= 4 is 16.3 Å². The average Bonchev–Trinajstić information content (AvgIpc) is 2.24. The average molecular weight is 294 g/mol. The molecule has 0 unspecified atom stereocenters. The molecule has 0 atom stereocenters. The Balaban J connectivity index is 2.36. The van der Waals surface area contributed by atoms with Crippen LogP contribution in [0.3, 0.4) is 0 Å². The topological polar surface area (TPSA) is 93.7 Å². The van der Waals surface area contributed by atoms with Crippen LogP contribution in [0.1, 0.15) is 33.6 Å². The molecule has 0 spiro atoms. The number of carbonyl (C=O) groups is 1. The van der Waals surface area contributed by atoms with Gasteiger partial charge in [-0.3, -0.25) is 0 Å². The highest BCUT2D eigenvalue weighted by Crippen LogP contribution is 2.13. The zero-order chi connectivity index (χ0) is 14.5. The predicted molar refractivity (Wildman–Crippen MR) is 69.8 cm³/mol. The second-order valence-electron chi connectivity index (χ2n) is 5.51. The fourth-order valence-electron chi connectivity index (χ4n) is 1.62. The molecule has 0 radical (unpaired) electrons. The van der Waals surface area contributed by atoms with E-state index in [0.717, 1.165) is 12.8 Å². The number of hydrogen-bond donors (Lipinski definition) is 2. The Morgan fingerprint density at radius 2 is 1.89 bits per heavy atom. The Hall–Kier alpha value is -0.860. The van der Waals surface area contributed by atoms with Crippen molar-refractivity contribution < 1.29 is 22.7 Å². The number of nitrogens with one attached hydrogen (secondary N) is 2. The number of ether oxygens (including phenoxy) is 2. The molecule has 0 saturated carbocycles. The van der Waals surface area contributed by atoms with Crippen molar-refractivity contribution in [2.24, 2.45) is 5.92 Å². The van der Waals surface area contributed by atoms with E-state index in [1.165, 1.54) is 0 Å². The van der Waals surface area contributed by atoms with Crippen molar-refractivity contribution in [2.75, 3.05) is 19.8 Å². The largest absolute Gasteiger partial charge is 0.443 e. The highest BCUT2D eigenvalue weighted by atomic mass is 32.2. The molecule has 2 N–H and O–H groups in total. The summed E-state index contributed by atoms with van der Waals surface area (Å²) in [5, 5.41) is 0. The fourth-order valence-corrected chi connectivity index (χ4v) is 2.41. The van der Waals surface area contributed by atoms with Crippen molar-refractivity contribution in [3.63, 3.8) is 0 Å². The number of rotatable bonds is 4. The first kappa shape index (κ1) is 16.2. The van der Waals surface area contributed by atoms with Gasteiger partial charge in [0.2, 0.25) is 0 Å². The standard InChI is InChI=1S/C11H22N2O5S/c1-11(2,3)18-10(14)13-19(15,16)12-8-9-4-6-17-7-5-9/h9,12H,4-8H2,1-3H3,(H,13,14). The van der Waals surface area contributed by atoms with E-state index in [-0.39, 0.29) is 5.92 Å². The summed E-state index contributed by atoms with van der Waals surface area (Å²) < 4.78 is 37.5. The van der Waals surface area contributed by atoms with Gasteiger partial charge in [0.05, 0.1) is 0 Å². The quantitative estimate of drug-likeness (QED) is 0.799. The van der Waals surface area contributed by atoms with Crippen LogP contribution in [-0.2, 0) is 19.7 Å². The van der Waals surface area contributed by atoms with Crippen molar-refractivity contribution in [2.45, 2.75) is 39.2 Å². The summed E-state index contributed by atoms with van der Waals surface area (Å²) in [6, 6.07) is 0. The van der Waals surface area contributed by atoms with Crippen LogP contribution in [0.15, 0.2) is 0 Å². The molecule has 1 rings (SSSR count). The van der Waals surface area contributed by atoms with E-state index in [1.54, 1.807) is 20.8 Å². The minimum Gasteiger partial charge on any atom is -0.443 e. The molecule has 7 nitrogen and oxygen atoms in total. The van der Waals surface area contributed by atoms with Crippen LogP contribution in [0, 0.1) is 5.92 Å². The third-order valence-corrected chi connectivity index (χ3v) is 3.50. The Labute approximate surface area is 114 Å². The van der Waals surface area contributed by atoms with Crippen LogP contribution in [0.2, 0.25) is 0 Å². The lowest BCUT2D eigenvalue weighted by molar-refractivity contribution is 0.0567. The zero-order valence-corrected chi connectivity index (χ0v) is 12.4. The van der Waals surface area contributed by atoms with E-state index >= 15 is 0 Å². The van der Waals surface area contributed by atoms with Crippen molar-refractivity contribution in [1.82, 2.24) is 9.44 Å². The lowest BCUT2D eigenvalue weighted by Gasteiger charge is -2.23. The SMILES string of the molecule is CC(C)(C)OC(=O)NS(=O)(=O)NCC1CCOCC1. The fraction of sp³-hybridized carbons (Fsp3) is 0.909. The molecule has 0 aromatic heterocycles. The van der Waals surface area contributed by atoms with E-state index in [2.05, 4.69) is 4.72 Å². The third kappa shape index (κ3) is 7.34. The first-order valence-electron chi connectivity index (χ1n) is 6.26. The van der Waals surface area contributed by atoms with Crippen molar-refractivity contribution in [3.05, 3.63) is 0 Å². The summed E-state index contributed by atoms with van der Waals surface area (Å²) >= 11 is 0. The van der Waals surface area contributed by atoms with Crippen LogP contribution in [0.4, 0.5) is 4.79 Å². The molecule has 1 aliphatic heterocycles. The third-order valence-electron chi connectivity index (χ3n) is 2.52. The van der Waals surface area contributed by atoms with E-state index < -0.39 is 21.9 Å². The molecule has 19 heavy (non-hydrogen) atoms. The monoisotopic (exact) mass is 294 g/mol. The van der Waals surface area contributed by atoms with Gasteiger partial charge in [-0.2, -0.15) is 13.1 Å². The molecule has 1 fully saturated rings. The molecule has 1 amide bonds. The van der Waals surface area contributed by atoms with Gasteiger partial charge in [-0.05, 0) is 39.5 Å². The van der Waals surface area contributed by atoms with Gasteiger partial charge in [0.1, 0.15) is 5.60 Å². The van der Waals surface area contributed by atoms with Gasteiger partial charge < -0.3 is 9.47 Å². The summed E-state index contributed by atoms with van der Waals surface area (Å²) in [4.78, 5) is 11.4. The first-order chi connectivity index (χ1) is 8.68. The molecular weight excluding hydrogens is 272 g/mol. The van der Waals surface area contributed by atoms with E-state index in [4.69, 9.17) is 9.47 Å². The van der Waals surface area contributed by atoms with Gasteiger partial charge in [-0.15, -0.1) is 0 Å². The lowest BCUT2D eigenvalue weighted by atomic mass is 10.0. The molecule has 8 heteroatoms. The van der Waals surface area contributed by atoms with Crippen LogP contribution >= 0.6 is 0 Å². The van der Waals surface area contributed by atoms with Gasteiger partial charge in [0.25, 0.3) is 0 Å². The van der Waals surface area contributed by atoms with Gasteiger partial charge in [0.15, 0.2) is 0 Å². The van der Waals surface area contributed by atoms with Gasteiger partial charge in [0, 0.05) is 19.8 Å². The first-order valence-corrected chi connectivity index (χ1v) is 7.74. The Morgan fingerprint density at radius 3 is 2.42 bits per heavy atom. The second kappa shape index (κ2) is 6.53. The molecule has 112 valence electrons. The molecule has 1 saturated heterocycles. The molecule has 0 aromatic rings. The summed E-state index contributed by atoms with van der Waals surface area (Å²) in [5.41, 5.74) is -0.736. The van der Waals surface area contributed by atoms with Gasteiger partial charge in [-0.1, -0.05) is 0 Å². The summed E-state index contributed by atoms with van der Waals surface area (Å²) in [7, 11) is -3.87. The summed E-state index contributed by atoms with van der Waals surface area (Å²) in [5.74, 6) is 0.240. The van der Waals surface area contributed by atoms with Gasteiger partial charge in [-0.25, -0.2) is 9.52 Å². The van der Waals surface area contributed by atoms with Crippen LogP contribution in [-0.4, -0.2) is 39.9 Å². The van der Waals surface area contributed by atoms with Crippen LogP contribution < -0.4 is 9.44 Å². The predicted octanol–water partition coefficient (Wildman–Crippen LogP) is 0.772. The molecular formula is C11H22N2O5S. The highest BCUT2D eigenvalue weighted by molar-refractivity contribution is 7.88. The maximum Gasteiger partial charge on any atom is 0.422 e. The molecule has 0 bridgehead atoms. The normalized spacial score (nSPS) is 18.1. The van der Waals surface area contributed by atoms with Crippen LogP contribution in [0.25, 0.3) is 0 Å². The molecule has 0 aliphatic carbocycles. The Bertz CT molecular complexity index is 396. The maximum atomic E-state index is 11.6. The van der Waals surface area contributed by atoms with Crippen LogP contribution in [0.5, 0.6) is 0 Å². The Kier molecular flexibility index (Phi) is 5.57. The minimum atomic E-state index is -3.87. The van der Waals surface area contributed by atoms with Crippen molar-refractivity contribution in [1.29, 1.82) is 0 Å². The zero-order valence-electron chi connectivity index (χ0n) is 11.6.